The molecule has 460 valence electrons. The van der Waals surface area contributed by atoms with Crippen LogP contribution in [0.1, 0.15) is 157 Å². The van der Waals surface area contributed by atoms with E-state index < -0.39 is 11.2 Å². The Kier molecular flexibility index (Phi) is 17.7. The predicted molar refractivity (Wildman–Crippen MR) is 313 cm³/mol. The van der Waals surface area contributed by atoms with E-state index in [0.717, 1.165) is 109 Å². The largest absolute Gasteiger partial charge is 1.00 e. The van der Waals surface area contributed by atoms with E-state index in [1.54, 1.807) is 0 Å². The topological polar surface area (TPSA) is 142 Å². The average Bonchev–Trinajstić information content (AvgIpc) is 1.43. The number of phenols is 2. The summed E-state index contributed by atoms with van der Waals surface area (Å²) in [7, 11) is 0. The first-order valence-corrected chi connectivity index (χ1v) is 30.9. The first-order valence-electron chi connectivity index (χ1n) is 30.9. The van der Waals surface area contributed by atoms with E-state index in [0.29, 0.717) is 112 Å². The molecule has 2 aromatic carbocycles. The van der Waals surface area contributed by atoms with Crippen molar-refractivity contribution in [1.29, 1.82) is 0 Å². The van der Waals surface area contributed by atoms with E-state index in [2.05, 4.69) is 186 Å². The van der Waals surface area contributed by atoms with Gasteiger partial charge in [-0.05, 0) is 171 Å². The highest BCUT2D eigenvalue weighted by atomic mass is 79.9. The van der Waals surface area contributed by atoms with Crippen molar-refractivity contribution in [3.05, 3.63) is 191 Å². The molecule has 7 aliphatic rings. The highest BCUT2D eigenvalue weighted by Gasteiger charge is 2.63. The van der Waals surface area contributed by atoms with E-state index in [1.807, 2.05) is 0 Å². The molecule has 88 heavy (non-hydrogen) atoms. The van der Waals surface area contributed by atoms with E-state index in [1.165, 1.54) is 22.3 Å². The zero-order valence-electron chi connectivity index (χ0n) is 50.1. The van der Waals surface area contributed by atoms with Crippen LogP contribution >= 0.6 is 0 Å². The Bertz CT molecular complexity index is 3780. The summed E-state index contributed by atoms with van der Waals surface area (Å²) >= 11 is 0. The number of pyridine rings is 2. The second kappa shape index (κ2) is 24.4. The summed E-state index contributed by atoms with van der Waals surface area (Å²) in [5, 5.41) is 48.6. The summed E-state index contributed by atoms with van der Waals surface area (Å²) in [6.45, 7) is 8.94. The van der Waals surface area contributed by atoms with Crippen LogP contribution in [0.15, 0.2) is 123 Å². The van der Waals surface area contributed by atoms with E-state index in [-0.39, 0.29) is 78.8 Å². The number of phenolic OH excluding ortho intramolecular Hbond substituents is 2. The number of rotatable bonds is 0. The minimum atomic E-state index is -1.07. The normalized spacial score (nSPS) is 28.3. The van der Waals surface area contributed by atoms with E-state index in [4.69, 9.17) is 22.8 Å². The highest BCUT2D eigenvalue weighted by Crippen LogP contribution is 2.66. The number of nitrogens with zero attached hydrogens (tertiary/aromatic N) is 10. The van der Waals surface area contributed by atoms with Gasteiger partial charge >= 0.3 is 0 Å². The number of benzene rings is 2. The maximum absolute atomic E-state index is 12.5. The molecule has 4 fully saturated rings. The number of fused-ring (bicyclic) bond motifs is 28. The molecule has 0 radical (unpaired) electrons. The maximum Gasteiger partial charge on any atom is 0.244 e. The summed E-state index contributed by atoms with van der Waals surface area (Å²) in [5.41, 5.74) is 10.1. The third kappa shape index (κ3) is 10.7. The molecule has 4 saturated carbocycles. The molecule has 7 heterocycles. The molecule has 6 aromatic heterocycles. The standard InChI is InChI=1S/C70H76N10O4.4BrH/c1-5-69(83)23-19-63-57-15-13-53-59(55(57)17-21-67(63,69)3)33-47-35-73-25-27-75(43-73)37-49-9-7-10-50(71-49)38-76-28-26-74(44-76)36-48-34-60-54(14-16-58-56(60)18-22-68(4)64(58)20-24-70(68,84)6-2)62(66(48)82)42-80-32-30-78(46-80)40-52-12-8-11-51(72-52)39-77-29-31-79(45-77)41-61(53)65(47)81;;;;/h1-2,7-12,25-34,43-46,55-58,63-64,83-84H,13-24,35-42H2,3-4H3;4*1H/q+2;;;;/p-2/t55-,56-,57+,58+,63-,64-,67-,68-,69-,70+;;;;/m0..../s1. The smallest absolute Gasteiger partial charge is 0.244 e. The fourth-order valence-electron chi connectivity index (χ4n) is 18.2. The molecule has 15 rings (SSSR count). The molecule has 0 amide bonds. The van der Waals surface area contributed by atoms with Gasteiger partial charge in [0.25, 0.3) is 0 Å². The average molecular weight is 1440 g/mol. The van der Waals surface area contributed by atoms with Crippen molar-refractivity contribution < 1.29 is 107 Å². The zero-order valence-corrected chi connectivity index (χ0v) is 56.4. The van der Waals surface area contributed by atoms with Gasteiger partial charge in [0, 0.05) is 33.1 Å². The van der Waals surface area contributed by atoms with Crippen molar-refractivity contribution in [3.63, 3.8) is 0 Å². The van der Waals surface area contributed by atoms with Gasteiger partial charge in [-0.1, -0.05) is 37.8 Å². The van der Waals surface area contributed by atoms with Crippen LogP contribution in [-0.2, 0) is 65.2 Å². The van der Waals surface area contributed by atoms with Crippen LogP contribution in [0.4, 0.5) is 0 Å². The molecule has 14 nitrogen and oxygen atoms in total. The van der Waals surface area contributed by atoms with E-state index >= 15 is 0 Å². The number of aromatic hydroxyl groups is 2. The van der Waals surface area contributed by atoms with Crippen LogP contribution in [0, 0.1) is 59.2 Å². The summed E-state index contributed by atoms with van der Waals surface area (Å²) in [4.78, 5) is 10.3. The van der Waals surface area contributed by atoms with Crippen LogP contribution in [0.2, 0.25) is 0 Å². The van der Waals surface area contributed by atoms with Crippen LogP contribution in [0.3, 0.4) is 0 Å². The molecular weight excluding hydrogens is 1360 g/mol. The minimum absolute atomic E-state index is 0. The minimum Gasteiger partial charge on any atom is -1.00 e. The molecule has 1 aliphatic heterocycles. The summed E-state index contributed by atoms with van der Waals surface area (Å²) < 4.78 is 17.4. The Balaban J connectivity index is 0.00000200. The number of hydrogen-bond acceptors (Lipinski definition) is 6. The second-order valence-corrected chi connectivity index (χ2v) is 27.0. The number of imidazole rings is 4. The lowest BCUT2D eigenvalue weighted by atomic mass is 9.53. The quantitative estimate of drug-likeness (QED) is 0.0892. The second-order valence-electron chi connectivity index (χ2n) is 27.0. The van der Waals surface area contributed by atoms with Gasteiger partial charge in [0.1, 0.15) is 125 Å². The number of halogens is 4. The van der Waals surface area contributed by atoms with Gasteiger partial charge in [-0.2, -0.15) is 0 Å². The number of aliphatic hydroxyl groups is 2. The monoisotopic (exact) mass is 1440 g/mol. The van der Waals surface area contributed by atoms with Crippen LogP contribution in [0.5, 0.6) is 11.5 Å². The number of aromatic nitrogens is 10. The number of terminal acetylenes is 2. The maximum atomic E-state index is 12.5. The van der Waals surface area contributed by atoms with Crippen LogP contribution in [-0.4, -0.2) is 59.9 Å². The van der Waals surface area contributed by atoms with Crippen molar-refractivity contribution in [2.45, 2.75) is 166 Å². The Morgan fingerprint density at radius 2 is 0.818 bits per heavy atom. The molecule has 0 unspecified atom stereocenters. The molecule has 6 aliphatic carbocycles. The third-order valence-electron chi connectivity index (χ3n) is 22.7. The van der Waals surface area contributed by atoms with Crippen LogP contribution < -0.4 is 86.2 Å². The lowest BCUT2D eigenvalue weighted by Gasteiger charge is -2.52. The van der Waals surface area contributed by atoms with Gasteiger partial charge in [-0.25, -0.2) is 46.5 Å². The lowest BCUT2D eigenvalue weighted by Crippen LogP contribution is -3.00. The molecule has 8 aromatic rings. The lowest BCUT2D eigenvalue weighted by molar-refractivity contribution is -0.689. The zero-order chi connectivity index (χ0) is 57.3. The third-order valence-corrected chi connectivity index (χ3v) is 22.7. The SMILES string of the molecule is C#C[C@@]1(O)CC[C@H]2[C@@H]3CCc4c(cc5c(O)c4C[n+]4ccn(c4)Cc4cccc(n4)Cn4cc[n+](c4)Cc4c(O)c(cc6c4CC[C@@H]4[C@@H]6CC[C@@]6(C)[C@H]4CC[C@@]6(O)C#C)C[n+]4ccn(c4)Cc4cccc(n4)Cn4cc[n+](c4)C5)[C@H]3CC[C@@]21C.[Br-].[Br-].[Br-].[Br-]. The van der Waals surface area contributed by atoms with Gasteiger partial charge < -0.3 is 88.4 Å². The van der Waals surface area contributed by atoms with Crippen molar-refractivity contribution in [2.24, 2.45) is 34.5 Å². The van der Waals surface area contributed by atoms with Crippen molar-refractivity contribution in [1.82, 2.24) is 28.2 Å². The van der Waals surface area contributed by atoms with Crippen molar-refractivity contribution in [2.75, 3.05) is 0 Å². The van der Waals surface area contributed by atoms with Gasteiger partial charge in [0.15, 0.2) is 0 Å². The number of hydrogen-bond donors (Lipinski definition) is 4. The Morgan fingerprint density at radius 1 is 0.477 bits per heavy atom. The van der Waals surface area contributed by atoms with Crippen LogP contribution in [0.25, 0.3) is 0 Å². The molecular formula is C70H78Br4N10O4. The van der Waals surface area contributed by atoms with Crippen molar-refractivity contribution in [3.8, 4) is 36.2 Å². The fourth-order valence-corrected chi connectivity index (χ4v) is 18.2. The van der Waals surface area contributed by atoms with E-state index in [9.17, 15) is 20.4 Å². The molecule has 18 heteroatoms. The predicted octanol–water partition coefficient (Wildman–Crippen LogP) is -4.60. The Hall–Kier alpha value is -5.86. The fraction of sp³-hybridized carbons (Fsp3) is 0.457. The summed E-state index contributed by atoms with van der Waals surface area (Å²) in [5.74, 6) is 8.64. The molecule has 10 atom stereocenters. The molecule has 0 saturated heterocycles. The summed E-state index contributed by atoms with van der Waals surface area (Å²) in [6.07, 6.45) is 48.1. The highest BCUT2D eigenvalue weighted by molar-refractivity contribution is 5.54. The molecule has 16 bridgehead atoms. The first kappa shape index (κ1) is 63.7. The Labute approximate surface area is 558 Å². The van der Waals surface area contributed by atoms with Gasteiger partial charge in [-0.3, -0.25) is 0 Å². The first-order chi connectivity index (χ1) is 40.7. The van der Waals surface area contributed by atoms with Gasteiger partial charge in [0.05, 0.1) is 22.8 Å². The molecule has 0 spiro atoms. The van der Waals surface area contributed by atoms with Gasteiger partial charge in [-0.15, -0.1) is 12.8 Å². The molecule has 4 N–H and O–H groups in total. The van der Waals surface area contributed by atoms with Gasteiger partial charge in [0.2, 0.25) is 25.3 Å². The van der Waals surface area contributed by atoms with Crippen molar-refractivity contribution >= 4 is 0 Å². The summed E-state index contributed by atoms with van der Waals surface area (Å²) in [6, 6.07) is 17.2. The Morgan fingerprint density at radius 3 is 1.16 bits per heavy atom.